The van der Waals surface area contributed by atoms with Gasteiger partial charge in [-0.05, 0) is 62.1 Å². The summed E-state index contributed by atoms with van der Waals surface area (Å²) in [6.45, 7) is 1.89. The second-order valence-electron chi connectivity index (χ2n) is 7.95. The fourth-order valence-corrected chi connectivity index (χ4v) is 3.70. The van der Waals surface area contributed by atoms with Gasteiger partial charge in [-0.3, -0.25) is 0 Å². The number of hydrogen-bond donors (Lipinski definition) is 2. The van der Waals surface area contributed by atoms with Gasteiger partial charge in [0.25, 0.3) is 0 Å². The Morgan fingerprint density at radius 2 is 1.66 bits per heavy atom. The van der Waals surface area contributed by atoms with Crippen molar-refractivity contribution in [3.8, 4) is 16.9 Å². The van der Waals surface area contributed by atoms with Crippen LogP contribution in [-0.2, 0) is 6.54 Å². The summed E-state index contributed by atoms with van der Waals surface area (Å²) in [4.78, 5) is 14.8. The Hall–Kier alpha value is -3.77. The van der Waals surface area contributed by atoms with Gasteiger partial charge in [0, 0.05) is 47.1 Å². The summed E-state index contributed by atoms with van der Waals surface area (Å²) in [5.74, 6) is 0.756. The van der Waals surface area contributed by atoms with Gasteiger partial charge in [-0.1, -0.05) is 30.3 Å². The van der Waals surface area contributed by atoms with Gasteiger partial charge in [0.1, 0.15) is 5.75 Å². The zero-order valence-corrected chi connectivity index (χ0v) is 18.6. The van der Waals surface area contributed by atoms with Crippen LogP contribution in [0.15, 0.2) is 79.0 Å². The molecule has 4 aromatic rings. The van der Waals surface area contributed by atoms with Gasteiger partial charge >= 0.3 is 6.03 Å². The normalized spacial score (nSPS) is 11.0. The lowest BCUT2D eigenvalue weighted by Crippen LogP contribution is -2.19. The van der Waals surface area contributed by atoms with E-state index in [2.05, 4.69) is 46.5 Å². The number of rotatable bonds is 7. The van der Waals surface area contributed by atoms with Crippen molar-refractivity contribution >= 4 is 28.3 Å². The van der Waals surface area contributed by atoms with E-state index >= 15 is 0 Å². The highest BCUT2D eigenvalue weighted by molar-refractivity contribution is 6.01. The molecule has 0 spiro atoms. The molecule has 2 amide bonds. The molecule has 4 rings (SSSR count). The van der Waals surface area contributed by atoms with Gasteiger partial charge in [0.2, 0.25) is 0 Å². The van der Waals surface area contributed by atoms with Gasteiger partial charge < -0.3 is 24.8 Å². The highest BCUT2D eigenvalue weighted by Gasteiger charge is 2.10. The second kappa shape index (κ2) is 9.58. The van der Waals surface area contributed by atoms with Gasteiger partial charge in [0.05, 0.1) is 7.11 Å². The van der Waals surface area contributed by atoms with Crippen LogP contribution in [0.5, 0.6) is 5.75 Å². The molecule has 1 heterocycles. The van der Waals surface area contributed by atoms with E-state index in [9.17, 15) is 4.79 Å². The quantitative estimate of drug-likeness (QED) is 0.407. The first-order chi connectivity index (χ1) is 15.5. The summed E-state index contributed by atoms with van der Waals surface area (Å²) >= 11 is 0. The van der Waals surface area contributed by atoms with Crippen molar-refractivity contribution in [2.45, 2.75) is 6.54 Å². The van der Waals surface area contributed by atoms with Crippen molar-refractivity contribution < 1.29 is 9.53 Å². The summed E-state index contributed by atoms with van der Waals surface area (Å²) in [5, 5.41) is 6.95. The molecule has 0 fully saturated rings. The lowest BCUT2D eigenvalue weighted by molar-refractivity contribution is 0.262. The van der Waals surface area contributed by atoms with Gasteiger partial charge in [0.15, 0.2) is 0 Å². The highest BCUT2D eigenvalue weighted by atomic mass is 16.5. The maximum atomic E-state index is 12.6. The molecular formula is C26H28N4O2. The SMILES string of the molecule is COc1ccc(NC(=O)Nc2ccc3c(ccn3CCN(C)C)c2)cc1-c1ccccc1. The lowest BCUT2D eigenvalue weighted by atomic mass is 10.0. The standard InChI is InChI=1S/C26H28N4O2/c1-29(2)15-16-30-14-13-20-17-21(9-11-24(20)30)27-26(31)28-22-10-12-25(32-3)23(18-22)19-7-5-4-6-8-19/h4-14,17-18H,15-16H2,1-3H3,(H2,27,28,31). The molecule has 0 aliphatic rings. The number of nitrogens with one attached hydrogen (secondary N) is 2. The van der Waals surface area contributed by atoms with E-state index in [0.717, 1.165) is 46.6 Å². The molecule has 32 heavy (non-hydrogen) atoms. The monoisotopic (exact) mass is 428 g/mol. The number of urea groups is 1. The maximum absolute atomic E-state index is 12.6. The Morgan fingerprint density at radius 1 is 0.938 bits per heavy atom. The van der Waals surface area contributed by atoms with Crippen molar-refractivity contribution in [2.75, 3.05) is 38.4 Å². The molecule has 6 nitrogen and oxygen atoms in total. The lowest BCUT2D eigenvalue weighted by Gasteiger charge is -2.13. The number of anilines is 2. The van der Waals surface area contributed by atoms with Gasteiger partial charge in [-0.15, -0.1) is 0 Å². The molecule has 0 saturated carbocycles. The maximum Gasteiger partial charge on any atom is 0.323 e. The van der Waals surface area contributed by atoms with Crippen LogP contribution in [0.1, 0.15) is 0 Å². The number of methoxy groups -OCH3 is 1. The van der Waals surface area contributed by atoms with E-state index < -0.39 is 0 Å². The molecular weight excluding hydrogens is 400 g/mol. The zero-order valence-electron chi connectivity index (χ0n) is 18.6. The van der Waals surface area contributed by atoms with E-state index in [1.165, 1.54) is 0 Å². The fourth-order valence-electron chi connectivity index (χ4n) is 3.70. The molecule has 164 valence electrons. The smallest absolute Gasteiger partial charge is 0.323 e. The third-order valence-corrected chi connectivity index (χ3v) is 5.36. The van der Waals surface area contributed by atoms with Crippen molar-refractivity contribution in [1.82, 2.24) is 9.47 Å². The number of ether oxygens (including phenoxy) is 1. The number of nitrogens with zero attached hydrogens (tertiary/aromatic N) is 2. The Bertz CT molecular complexity index is 1220. The largest absolute Gasteiger partial charge is 0.496 e. The molecule has 0 bridgehead atoms. The van der Waals surface area contributed by atoms with Gasteiger partial charge in [-0.2, -0.15) is 0 Å². The topological polar surface area (TPSA) is 58.5 Å². The van der Waals surface area contributed by atoms with Crippen LogP contribution in [0.3, 0.4) is 0 Å². The minimum Gasteiger partial charge on any atom is -0.496 e. The molecule has 0 unspecified atom stereocenters. The molecule has 1 aromatic heterocycles. The minimum atomic E-state index is -0.291. The van der Waals surface area contributed by atoms with Crippen molar-refractivity contribution in [1.29, 1.82) is 0 Å². The second-order valence-corrected chi connectivity index (χ2v) is 7.95. The van der Waals surface area contributed by atoms with Crippen LogP contribution >= 0.6 is 0 Å². The molecule has 3 aromatic carbocycles. The molecule has 0 radical (unpaired) electrons. The summed E-state index contributed by atoms with van der Waals surface area (Å²) < 4.78 is 7.72. The predicted octanol–water partition coefficient (Wildman–Crippen LogP) is 5.52. The molecule has 6 heteroatoms. The number of benzene rings is 3. The number of hydrogen-bond acceptors (Lipinski definition) is 3. The third-order valence-electron chi connectivity index (χ3n) is 5.36. The number of aromatic nitrogens is 1. The number of fused-ring (bicyclic) bond motifs is 1. The Labute approximate surface area is 188 Å². The Kier molecular flexibility index (Phi) is 6.42. The van der Waals surface area contributed by atoms with Crippen LogP contribution < -0.4 is 15.4 Å². The summed E-state index contributed by atoms with van der Waals surface area (Å²) in [6.07, 6.45) is 2.08. The Balaban J connectivity index is 1.47. The van der Waals surface area contributed by atoms with Crippen LogP contribution in [0, 0.1) is 0 Å². The zero-order chi connectivity index (χ0) is 22.5. The van der Waals surface area contributed by atoms with E-state index in [4.69, 9.17) is 4.74 Å². The van der Waals surface area contributed by atoms with E-state index in [0.29, 0.717) is 5.69 Å². The Morgan fingerprint density at radius 3 is 2.38 bits per heavy atom. The van der Waals surface area contributed by atoms with Crippen LogP contribution in [0.25, 0.3) is 22.0 Å². The molecule has 2 N–H and O–H groups in total. The highest BCUT2D eigenvalue weighted by Crippen LogP contribution is 2.32. The minimum absolute atomic E-state index is 0.291. The molecule has 0 aliphatic carbocycles. The van der Waals surface area contributed by atoms with Crippen molar-refractivity contribution in [2.24, 2.45) is 0 Å². The summed E-state index contributed by atoms with van der Waals surface area (Å²) in [7, 11) is 5.78. The summed E-state index contributed by atoms with van der Waals surface area (Å²) in [5.41, 5.74) is 4.54. The molecule has 0 aliphatic heterocycles. The molecule has 0 atom stereocenters. The van der Waals surface area contributed by atoms with Crippen molar-refractivity contribution in [3.63, 3.8) is 0 Å². The van der Waals surface area contributed by atoms with Crippen molar-refractivity contribution in [3.05, 3.63) is 79.0 Å². The number of amides is 2. The average molecular weight is 429 g/mol. The summed E-state index contributed by atoms with van der Waals surface area (Å²) in [6, 6.07) is 23.3. The average Bonchev–Trinajstić information content (AvgIpc) is 3.20. The first-order valence-corrected chi connectivity index (χ1v) is 10.6. The van der Waals surface area contributed by atoms with E-state index in [-0.39, 0.29) is 6.03 Å². The van der Waals surface area contributed by atoms with E-state index in [1.54, 1.807) is 7.11 Å². The predicted molar refractivity (Wildman–Crippen MR) is 132 cm³/mol. The fraction of sp³-hybridized carbons (Fsp3) is 0.192. The van der Waals surface area contributed by atoms with Gasteiger partial charge in [-0.25, -0.2) is 4.79 Å². The molecule has 0 saturated heterocycles. The van der Waals surface area contributed by atoms with Crippen LogP contribution in [-0.4, -0.2) is 43.2 Å². The first-order valence-electron chi connectivity index (χ1n) is 10.6. The number of likely N-dealkylation sites (N-methyl/N-ethyl adjacent to an activating group) is 1. The number of carbonyl (C=O) groups is 1. The first kappa shape index (κ1) is 21.5. The van der Waals surface area contributed by atoms with Crippen LogP contribution in [0.4, 0.5) is 16.2 Å². The van der Waals surface area contributed by atoms with E-state index in [1.807, 2.05) is 66.7 Å². The third kappa shape index (κ3) is 4.92. The van der Waals surface area contributed by atoms with Crippen LogP contribution in [0.2, 0.25) is 0 Å². The number of carbonyl (C=O) groups excluding carboxylic acids is 1.